The average molecular weight is 482 g/mol. The highest BCUT2D eigenvalue weighted by Crippen LogP contribution is 2.32. The number of H-pyrrole nitrogens is 1. The van der Waals surface area contributed by atoms with Gasteiger partial charge in [0.15, 0.2) is 5.11 Å². The smallest absolute Gasteiger partial charge is 0.230 e. The first-order chi connectivity index (χ1) is 16.5. The molecule has 184 valence electrons. The highest BCUT2D eigenvalue weighted by Gasteiger charge is 2.28. The summed E-state index contributed by atoms with van der Waals surface area (Å²) in [4.78, 5) is 25.0. The number of carbonyl (C=O) groups is 1. The van der Waals surface area contributed by atoms with Crippen molar-refractivity contribution < 1.29 is 4.79 Å². The summed E-state index contributed by atoms with van der Waals surface area (Å²) in [5, 5.41) is 4.28. The van der Waals surface area contributed by atoms with E-state index >= 15 is 0 Å². The van der Waals surface area contributed by atoms with Gasteiger partial charge in [-0.3, -0.25) is 4.79 Å². The standard InChI is InChI=1S/C27H39N5OS/c1-20(2)16-29-27(34)31-14-12-22(13-15-31)21-8-10-25(11-9-21)32(18-24-17-28-19-30-24)26(33)23-6-4-3-5-7-23/h8-11,17,19-20,22-23H,3-7,12-16,18H2,1-2H3,(H,28,30)(H,29,34). The van der Waals surface area contributed by atoms with Gasteiger partial charge in [0.2, 0.25) is 5.91 Å². The van der Waals surface area contributed by atoms with Crippen molar-refractivity contribution in [1.29, 1.82) is 0 Å². The summed E-state index contributed by atoms with van der Waals surface area (Å²) in [6.45, 7) is 7.84. The van der Waals surface area contributed by atoms with Crippen molar-refractivity contribution in [2.75, 3.05) is 24.5 Å². The number of anilines is 1. The molecule has 1 saturated carbocycles. The minimum atomic E-state index is 0.133. The predicted molar refractivity (Wildman–Crippen MR) is 142 cm³/mol. The van der Waals surface area contributed by atoms with Crippen LogP contribution in [0.5, 0.6) is 0 Å². The van der Waals surface area contributed by atoms with E-state index in [0.717, 1.165) is 74.7 Å². The van der Waals surface area contributed by atoms with Gasteiger partial charge in [0, 0.05) is 37.4 Å². The summed E-state index contributed by atoms with van der Waals surface area (Å²) in [6, 6.07) is 8.71. The van der Waals surface area contributed by atoms with Crippen LogP contribution >= 0.6 is 12.2 Å². The van der Waals surface area contributed by atoms with Gasteiger partial charge in [0.1, 0.15) is 0 Å². The van der Waals surface area contributed by atoms with Crippen molar-refractivity contribution in [2.24, 2.45) is 11.8 Å². The SMILES string of the molecule is CC(C)CNC(=S)N1CCC(c2ccc(N(Cc3cnc[nH]3)C(=O)C3CCCCC3)cc2)CC1. The lowest BCUT2D eigenvalue weighted by Crippen LogP contribution is -2.44. The number of carbonyl (C=O) groups excluding carboxylic acids is 1. The van der Waals surface area contributed by atoms with Crippen LogP contribution in [0.2, 0.25) is 0 Å². The van der Waals surface area contributed by atoms with Crippen molar-refractivity contribution in [3.8, 4) is 0 Å². The molecular weight excluding hydrogens is 442 g/mol. The third-order valence-electron chi connectivity index (χ3n) is 7.22. The second-order valence-electron chi connectivity index (χ2n) is 10.3. The normalized spacial score (nSPS) is 17.7. The first-order valence-electron chi connectivity index (χ1n) is 12.9. The number of nitrogens with one attached hydrogen (secondary N) is 2. The predicted octanol–water partition coefficient (Wildman–Crippen LogP) is 5.23. The van der Waals surface area contributed by atoms with Crippen LogP contribution in [0.3, 0.4) is 0 Å². The lowest BCUT2D eigenvalue weighted by molar-refractivity contribution is -0.123. The summed E-state index contributed by atoms with van der Waals surface area (Å²) in [6.07, 6.45) is 11.2. The van der Waals surface area contributed by atoms with Crippen LogP contribution in [0.4, 0.5) is 5.69 Å². The van der Waals surface area contributed by atoms with E-state index in [0.29, 0.717) is 18.4 Å². The fourth-order valence-corrected chi connectivity index (χ4v) is 5.42. The number of benzene rings is 1. The molecule has 2 heterocycles. The van der Waals surface area contributed by atoms with Crippen LogP contribution in [0.25, 0.3) is 0 Å². The Morgan fingerprint density at radius 3 is 2.47 bits per heavy atom. The molecule has 6 nitrogen and oxygen atoms in total. The Bertz CT molecular complexity index is 913. The molecule has 0 bridgehead atoms. The van der Waals surface area contributed by atoms with Gasteiger partial charge < -0.3 is 20.1 Å². The third-order valence-corrected chi connectivity index (χ3v) is 7.63. The molecule has 1 aromatic heterocycles. The molecule has 1 saturated heterocycles. The summed E-state index contributed by atoms with van der Waals surface area (Å²) in [5.41, 5.74) is 3.30. The summed E-state index contributed by atoms with van der Waals surface area (Å²) in [5.74, 6) is 1.51. The van der Waals surface area contributed by atoms with E-state index in [1.165, 1.54) is 12.0 Å². The van der Waals surface area contributed by atoms with Crippen molar-refractivity contribution in [3.05, 3.63) is 48.0 Å². The summed E-state index contributed by atoms with van der Waals surface area (Å²) in [7, 11) is 0. The van der Waals surface area contributed by atoms with E-state index in [-0.39, 0.29) is 11.8 Å². The molecule has 1 aromatic carbocycles. The van der Waals surface area contributed by atoms with E-state index in [1.807, 2.05) is 11.1 Å². The number of nitrogens with zero attached hydrogens (tertiary/aromatic N) is 3. The van der Waals surface area contributed by atoms with Crippen molar-refractivity contribution >= 4 is 28.9 Å². The molecule has 34 heavy (non-hydrogen) atoms. The zero-order chi connectivity index (χ0) is 23.9. The molecule has 1 amide bonds. The molecule has 0 radical (unpaired) electrons. The second kappa shape index (κ2) is 11.8. The highest BCUT2D eigenvalue weighted by molar-refractivity contribution is 7.80. The van der Waals surface area contributed by atoms with Gasteiger partial charge in [-0.2, -0.15) is 0 Å². The van der Waals surface area contributed by atoms with E-state index in [2.05, 4.69) is 58.3 Å². The number of aromatic nitrogens is 2. The Labute approximate surface area is 209 Å². The minimum Gasteiger partial charge on any atom is -0.362 e. The molecule has 2 aliphatic rings. The van der Waals surface area contributed by atoms with Crippen LogP contribution in [0, 0.1) is 11.8 Å². The first-order valence-corrected chi connectivity index (χ1v) is 13.3. The highest BCUT2D eigenvalue weighted by atomic mass is 32.1. The van der Waals surface area contributed by atoms with Crippen molar-refractivity contribution in [2.45, 2.75) is 71.3 Å². The van der Waals surface area contributed by atoms with Crippen LogP contribution in [-0.2, 0) is 11.3 Å². The molecule has 2 fully saturated rings. The largest absolute Gasteiger partial charge is 0.362 e. The monoisotopic (exact) mass is 481 g/mol. The summed E-state index contributed by atoms with van der Waals surface area (Å²) < 4.78 is 0. The molecule has 4 rings (SSSR count). The zero-order valence-electron chi connectivity index (χ0n) is 20.6. The van der Waals surface area contributed by atoms with Gasteiger partial charge in [0.25, 0.3) is 0 Å². The van der Waals surface area contributed by atoms with Gasteiger partial charge >= 0.3 is 0 Å². The van der Waals surface area contributed by atoms with Crippen LogP contribution in [0.1, 0.15) is 76.0 Å². The average Bonchev–Trinajstić information content (AvgIpc) is 3.39. The summed E-state index contributed by atoms with van der Waals surface area (Å²) >= 11 is 5.59. The van der Waals surface area contributed by atoms with E-state index < -0.39 is 0 Å². The second-order valence-corrected chi connectivity index (χ2v) is 10.7. The molecule has 0 spiro atoms. The fraction of sp³-hybridized carbons (Fsp3) is 0.593. The first kappa shape index (κ1) is 24.7. The van der Waals surface area contributed by atoms with Gasteiger partial charge in [0.05, 0.1) is 18.6 Å². The quantitative estimate of drug-likeness (QED) is 0.530. The van der Waals surface area contributed by atoms with E-state index in [9.17, 15) is 4.79 Å². The van der Waals surface area contributed by atoms with Crippen LogP contribution < -0.4 is 10.2 Å². The molecule has 2 N–H and O–H groups in total. The van der Waals surface area contributed by atoms with Gasteiger partial charge in [-0.1, -0.05) is 45.2 Å². The van der Waals surface area contributed by atoms with E-state index in [1.54, 1.807) is 6.33 Å². The number of hydrogen-bond acceptors (Lipinski definition) is 3. The lowest BCUT2D eigenvalue weighted by atomic mass is 9.87. The minimum absolute atomic E-state index is 0.133. The van der Waals surface area contributed by atoms with Crippen molar-refractivity contribution in [1.82, 2.24) is 20.2 Å². The number of aromatic amines is 1. The number of thiocarbonyl (C=S) groups is 1. The molecule has 2 aromatic rings. The number of hydrogen-bond donors (Lipinski definition) is 2. The van der Waals surface area contributed by atoms with E-state index in [4.69, 9.17) is 12.2 Å². The topological polar surface area (TPSA) is 64.3 Å². The molecule has 0 unspecified atom stereocenters. The Balaban J connectivity index is 1.40. The maximum absolute atomic E-state index is 13.5. The molecule has 1 aliphatic carbocycles. The maximum Gasteiger partial charge on any atom is 0.230 e. The maximum atomic E-state index is 13.5. The van der Waals surface area contributed by atoms with Gasteiger partial charge in [-0.05, 0) is 67.4 Å². The number of piperidine rings is 1. The van der Waals surface area contributed by atoms with Gasteiger partial charge in [-0.15, -0.1) is 0 Å². The molecular formula is C27H39N5OS. The molecule has 1 aliphatic heterocycles. The number of imidazole rings is 1. The number of amides is 1. The van der Waals surface area contributed by atoms with Gasteiger partial charge in [-0.25, -0.2) is 4.98 Å². The van der Waals surface area contributed by atoms with Crippen molar-refractivity contribution in [3.63, 3.8) is 0 Å². The third kappa shape index (κ3) is 6.38. The Morgan fingerprint density at radius 1 is 1.15 bits per heavy atom. The molecule has 0 atom stereocenters. The number of rotatable bonds is 7. The zero-order valence-corrected chi connectivity index (χ0v) is 21.4. The Morgan fingerprint density at radius 2 is 1.85 bits per heavy atom. The van der Waals surface area contributed by atoms with Crippen LogP contribution in [0.15, 0.2) is 36.8 Å². The lowest BCUT2D eigenvalue weighted by Gasteiger charge is -2.34. The number of likely N-dealkylation sites (tertiary alicyclic amines) is 1. The molecule has 7 heteroatoms. The fourth-order valence-electron chi connectivity index (χ4n) is 5.15. The Kier molecular flexibility index (Phi) is 8.59. The Hall–Kier alpha value is -2.41. The van der Waals surface area contributed by atoms with Crippen LogP contribution in [-0.4, -0.2) is 45.5 Å².